The SMILES string of the molecule is CCN[C@H](c1cccnc1)C(C)C. The summed E-state index contributed by atoms with van der Waals surface area (Å²) in [6, 6.07) is 4.54. The van der Waals surface area contributed by atoms with Crippen LogP contribution in [-0.4, -0.2) is 11.5 Å². The van der Waals surface area contributed by atoms with Crippen LogP contribution >= 0.6 is 0 Å². The van der Waals surface area contributed by atoms with Crippen molar-refractivity contribution in [2.45, 2.75) is 26.8 Å². The van der Waals surface area contributed by atoms with E-state index in [-0.39, 0.29) is 0 Å². The summed E-state index contributed by atoms with van der Waals surface area (Å²) < 4.78 is 0. The minimum Gasteiger partial charge on any atom is -0.310 e. The molecule has 0 unspecified atom stereocenters. The summed E-state index contributed by atoms with van der Waals surface area (Å²) in [5.74, 6) is 0.601. The molecule has 0 saturated heterocycles. The van der Waals surface area contributed by atoms with Crippen LogP contribution in [0, 0.1) is 5.92 Å². The van der Waals surface area contributed by atoms with Gasteiger partial charge in [-0.2, -0.15) is 0 Å². The number of nitrogens with one attached hydrogen (secondary N) is 1. The smallest absolute Gasteiger partial charge is 0.0358 e. The lowest BCUT2D eigenvalue weighted by atomic mass is 9.97. The van der Waals surface area contributed by atoms with Crippen molar-refractivity contribution >= 4 is 0 Å². The van der Waals surface area contributed by atoms with E-state index in [1.54, 1.807) is 0 Å². The molecule has 72 valence electrons. The maximum absolute atomic E-state index is 4.13. The van der Waals surface area contributed by atoms with E-state index >= 15 is 0 Å². The molecule has 2 heteroatoms. The zero-order valence-corrected chi connectivity index (χ0v) is 8.62. The van der Waals surface area contributed by atoms with Crippen molar-refractivity contribution in [2.24, 2.45) is 5.92 Å². The monoisotopic (exact) mass is 178 g/mol. The molecule has 0 amide bonds. The van der Waals surface area contributed by atoms with Crippen molar-refractivity contribution in [3.05, 3.63) is 30.1 Å². The van der Waals surface area contributed by atoms with E-state index in [9.17, 15) is 0 Å². The third kappa shape index (κ3) is 2.81. The first-order valence-corrected chi connectivity index (χ1v) is 4.89. The van der Waals surface area contributed by atoms with Crippen LogP contribution in [-0.2, 0) is 0 Å². The third-order valence-corrected chi connectivity index (χ3v) is 2.13. The van der Waals surface area contributed by atoms with E-state index in [0.29, 0.717) is 12.0 Å². The summed E-state index contributed by atoms with van der Waals surface area (Å²) in [4.78, 5) is 4.13. The highest BCUT2D eigenvalue weighted by molar-refractivity contribution is 5.14. The Morgan fingerprint density at radius 3 is 2.69 bits per heavy atom. The van der Waals surface area contributed by atoms with Crippen LogP contribution in [0.3, 0.4) is 0 Å². The van der Waals surface area contributed by atoms with Gasteiger partial charge in [0.05, 0.1) is 0 Å². The van der Waals surface area contributed by atoms with E-state index < -0.39 is 0 Å². The van der Waals surface area contributed by atoms with Gasteiger partial charge in [0.25, 0.3) is 0 Å². The second kappa shape index (κ2) is 4.97. The van der Waals surface area contributed by atoms with Crippen LogP contribution in [0.2, 0.25) is 0 Å². The second-order valence-corrected chi connectivity index (χ2v) is 3.57. The minimum absolute atomic E-state index is 0.429. The molecule has 0 aliphatic rings. The molecule has 0 spiro atoms. The lowest BCUT2D eigenvalue weighted by molar-refractivity contribution is 0.421. The number of pyridine rings is 1. The van der Waals surface area contributed by atoms with Gasteiger partial charge in [0.1, 0.15) is 0 Å². The predicted octanol–water partition coefficient (Wildman–Crippen LogP) is 2.39. The van der Waals surface area contributed by atoms with Gasteiger partial charge < -0.3 is 5.32 Å². The Labute approximate surface area is 80.4 Å². The van der Waals surface area contributed by atoms with Gasteiger partial charge in [0.2, 0.25) is 0 Å². The largest absolute Gasteiger partial charge is 0.310 e. The number of hydrogen-bond donors (Lipinski definition) is 1. The fourth-order valence-electron chi connectivity index (χ4n) is 1.52. The van der Waals surface area contributed by atoms with Crippen LogP contribution in [0.5, 0.6) is 0 Å². The predicted molar refractivity (Wildman–Crippen MR) is 55.5 cm³/mol. The van der Waals surface area contributed by atoms with Crippen LogP contribution in [0.4, 0.5) is 0 Å². The first kappa shape index (κ1) is 10.2. The average Bonchev–Trinajstić information content (AvgIpc) is 2.15. The molecule has 1 heterocycles. The van der Waals surface area contributed by atoms with E-state index in [2.05, 4.69) is 37.1 Å². The van der Waals surface area contributed by atoms with Gasteiger partial charge in [-0.25, -0.2) is 0 Å². The molecular formula is C11H18N2. The Kier molecular flexibility index (Phi) is 3.90. The van der Waals surface area contributed by atoms with Crippen LogP contribution < -0.4 is 5.32 Å². The molecular weight excluding hydrogens is 160 g/mol. The van der Waals surface area contributed by atoms with E-state index in [1.807, 2.05) is 18.5 Å². The molecule has 0 bridgehead atoms. The molecule has 13 heavy (non-hydrogen) atoms. The molecule has 0 saturated carbocycles. The number of aromatic nitrogens is 1. The van der Waals surface area contributed by atoms with Crippen molar-refractivity contribution in [1.29, 1.82) is 0 Å². The highest BCUT2D eigenvalue weighted by Crippen LogP contribution is 2.19. The Morgan fingerprint density at radius 2 is 2.23 bits per heavy atom. The van der Waals surface area contributed by atoms with Crippen molar-refractivity contribution in [3.8, 4) is 0 Å². The van der Waals surface area contributed by atoms with Crippen molar-refractivity contribution in [1.82, 2.24) is 10.3 Å². The van der Waals surface area contributed by atoms with Gasteiger partial charge in [-0.1, -0.05) is 26.8 Å². The Hall–Kier alpha value is -0.890. The Bertz CT molecular complexity index is 231. The zero-order valence-electron chi connectivity index (χ0n) is 8.62. The third-order valence-electron chi connectivity index (χ3n) is 2.13. The van der Waals surface area contributed by atoms with Crippen LogP contribution in [0.1, 0.15) is 32.4 Å². The molecule has 1 atom stereocenters. The van der Waals surface area contributed by atoms with Crippen LogP contribution in [0.25, 0.3) is 0 Å². The van der Waals surface area contributed by atoms with Gasteiger partial charge >= 0.3 is 0 Å². The molecule has 2 nitrogen and oxygen atoms in total. The molecule has 0 radical (unpaired) electrons. The topological polar surface area (TPSA) is 24.9 Å². The standard InChI is InChI=1S/C11H18N2/c1-4-13-11(9(2)3)10-6-5-7-12-8-10/h5-9,11,13H,4H2,1-3H3/t11-/m0/s1. The number of rotatable bonds is 4. The summed E-state index contributed by atoms with van der Waals surface area (Å²) in [7, 11) is 0. The van der Waals surface area contributed by atoms with Gasteiger partial charge in [0, 0.05) is 18.4 Å². The molecule has 0 aliphatic carbocycles. The van der Waals surface area contributed by atoms with Gasteiger partial charge in [-0.05, 0) is 24.1 Å². The van der Waals surface area contributed by atoms with E-state index in [4.69, 9.17) is 0 Å². The first-order valence-electron chi connectivity index (χ1n) is 4.89. The van der Waals surface area contributed by atoms with Gasteiger partial charge in [-0.15, -0.1) is 0 Å². The van der Waals surface area contributed by atoms with Gasteiger partial charge in [-0.3, -0.25) is 4.98 Å². The lowest BCUT2D eigenvalue weighted by Gasteiger charge is -2.21. The summed E-state index contributed by atoms with van der Waals surface area (Å²) in [5.41, 5.74) is 1.28. The summed E-state index contributed by atoms with van der Waals surface area (Å²) in [6.07, 6.45) is 3.75. The molecule has 1 N–H and O–H groups in total. The fraction of sp³-hybridized carbons (Fsp3) is 0.545. The van der Waals surface area contributed by atoms with Crippen molar-refractivity contribution < 1.29 is 0 Å². The van der Waals surface area contributed by atoms with E-state index in [1.165, 1.54) is 5.56 Å². The second-order valence-electron chi connectivity index (χ2n) is 3.57. The molecule has 1 aromatic rings. The molecule has 1 rings (SSSR count). The average molecular weight is 178 g/mol. The molecule has 0 aliphatic heterocycles. The normalized spacial score (nSPS) is 13.2. The van der Waals surface area contributed by atoms with Crippen LogP contribution in [0.15, 0.2) is 24.5 Å². The van der Waals surface area contributed by atoms with Crippen molar-refractivity contribution in [2.75, 3.05) is 6.54 Å². The fourth-order valence-corrected chi connectivity index (χ4v) is 1.52. The summed E-state index contributed by atoms with van der Waals surface area (Å²) in [5, 5.41) is 3.46. The first-order chi connectivity index (χ1) is 6.25. The summed E-state index contributed by atoms with van der Waals surface area (Å²) >= 11 is 0. The molecule has 0 fully saturated rings. The zero-order chi connectivity index (χ0) is 9.68. The lowest BCUT2D eigenvalue weighted by Crippen LogP contribution is -2.25. The highest BCUT2D eigenvalue weighted by Gasteiger charge is 2.13. The number of nitrogens with zero attached hydrogens (tertiary/aromatic N) is 1. The van der Waals surface area contributed by atoms with E-state index in [0.717, 1.165) is 6.54 Å². The number of hydrogen-bond acceptors (Lipinski definition) is 2. The Morgan fingerprint density at radius 1 is 1.46 bits per heavy atom. The van der Waals surface area contributed by atoms with Crippen molar-refractivity contribution in [3.63, 3.8) is 0 Å². The quantitative estimate of drug-likeness (QED) is 0.765. The van der Waals surface area contributed by atoms with Gasteiger partial charge in [0.15, 0.2) is 0 Å². The maximum atomic E-state index is 4.13. The highest BCUT2D eigenvalue weighted by atomic mass is 14.9. The Balaban J connectivity index is 2.76. The molecule has 1 aromatic heterocycles. The molecule has 0 aromatic carbocycles. The summed E-state index contributed by atoms with van der Waals surface area (Å²) in [6.45, 7) is 7.57. The minimum atomic E-state index is 0.429. The maximum Gasteiger partial charge on any atom is 0.0358 e.